The molecule has 0 unspecified atom stereocenters. The van der Waals surface area contributed by atoms with Gasteiger partial charge >= 0.3 is 0 Å². The molecule has 1 saturated heterocycles. The van der Waals surface area contributed by atoms with Crippen molar-refractivity contribution in [2.24, 2.45) is 0 Å². The number of benzene rings is 2. The van der Waals surface area contributed by atoms with Gasteiger partial charge in [-0.1, -0.05) is 60.7 Å². The van der Waals surface area contributed by atoms with Crippen LogP contribution in [0, 0.1) is 0 Å². The second-order valence-corrected chi connectivity index (χ2v) is 6.20. The molecule has 5 heteroatoms. The predicted molar refractivity (Wildman–Crippen MR) is 92.9 cm³/mol. The fraction of sp³-hybridized carbons (Fsp3) is 0.400. The van der Waals surface area contributed by atoms with Crippen molar-refractivity contribution in [3.8, 4) is 0 Å². The second-order valence-electron chi connectivity index (χ2n) is 6.20. The zero-order chi connectivity index (χ0) is 17.5. The molecule has 4 atom stereocenters. The van der Waals surface area contributed by atoms with Gasteiger partial charge in [-0.25, -0.2) is 0 Å². The molecule has 0 spiro atoms. The summed E-state index contributed by atoms with van der Waals surface area (Å²) in [5, 5.41) is 20.3. The molecule has 2 aromatic rings. The molecule has 0 bridgehead atoms. The van der Waals surface area contributed by atoms with Crippen LogP contribution < -0.4 is 0 Å². The van der Waals surface area contributed by atoms with Crippen LogP contribution in [0.25, 0.3) is 0 Å². The molecule has 0 amide bonds. The maximum atomic E-state index is 10.1. The molecule has 0 aliphatic carbocycles. The Kier molecular flexibility index (Phi) is 6.55. The Morgan fingerprint density at radius 1 is 0.680 bits per heavy atom. The van der Waals surface area contributed by atoms with E-state index in [1.54, 1.807) is 0 Å². The van der Waals surface area contributed by atoms with Gasteiger partial charge < -0.3 is 24.4 Å². The topological polar surface area (TPSA) is 68.2 Å². The molecule has 1 fully saturated rings. The summed E-state index contributed by atoms with van der Waals surface area (Å²) in [4.78, 5) is 0. The number of ether oxygens (including phenoxy) is 3. The van der Waals surface area contributed by atoms with Crippen LogP contribution >= 0.6 is 0 Å². The summed E-state index contributed by atoms with van der Waals surface area (Å²) in [6, 6.07) is 19.6. The molecule has 0 aromatic heterocycles. The van der Waals surface area contributed by atoms with Gasteiger partial charge in [-0.2, -0.15) is 0 Å². The first-order chi connectivity index (χ1) is 12.2. The minimum Gasteiger partial charge on any atom is -0.388 e. The van der Waals surface area contributed by atoms with E-state index >= 15 is 0 Å². The predicted octanol–water partition coefficient (Wildman–Crippen LogP) is 1.91. The lowest BCUT2D eigenvalue weighted by atomic mass is 10.1. The highest BCUT2D eigenvalue weighted by molar-refractivity contribution is 5.14. The molecular formula is C20H24O5. The SMILES string of the molecule is O[C@H]1[C@H](O)[C@H](COCc2ccccc2)O[C@H]1COCc1ccccc1. The summed E-state index contributed by atoms with van der Waals surface area (Å²) < 4.78 is 16.9. The van der Waals surface area contributed by atoms with Crippen LogP contribution in [0.2, 0.25) is 0 Å². The molecular weight excluding hydrogens is 320 g/mol. The van der Waals surface area contributed by atoms with Crippen LogP contribution in [-0.4, -0.2) is 47.8 Å². The largest absolute Gasteiger partial charge is 0.388 e. The molecule has 0 radical (unpaired) electrons. The lowest BCUT2D eigenvalue weighted by molar-refractivity contribution is -0.0717. The normalized spacial score (nSPS) is 26.0. The Morgan fingerprint density at radius 3 is 1.48 bits per heavy atom. The Morgan fingerprint density at radius 2 is 1.08 bits per heavy atom. The number of rotatable bonds is 8. The summed E-state index contributed by atoms with van der Waals surface area (Å²) >= 11 is 0. The second kappa shape index (κ2) is 9.08. The van der Waals surface area contributed by atoms with Crippen LogP contribution in [0.15, 0.2) is 60.7 Å². The van der Waals surface area contributed by atoms with Crippen LogP contribution in [0.3, 0.4) is 0 Å². The molecule has 5 nitrogen and oxygen atoms in total. The van der Waals surface area contributed by atoms with Crippen molar-refractivity contribution < 1.29 is 24.4 Å². The van der Waals surface area contributed by atoms with Crippen molar-refractivity contribution in [2.45, 2.75) is 37.6 Å². The van der Waals surface area contributed by atoms with Crippen molar-refractivity contribution in [3.05, 3.63) is 71.8 Å². The Bertz CT molecular complexity index is 563. The van der Waals surface area contributed by atoms with E-state index in [2.05, 4.69) is 0 Å². The van der Waals surface area contributed by atoms with Crippen LogP contribution in [0.5, 0.6) is 0 Å². The van der Waals surface area contributed by atoms with E-state index in [1.807, 2.05) is 60.7 Å². The quantitative estimate of drug-likeness (QED) is 0.766. The first-order valence-electron chi connectivity index (χ1n) is 8.49. The van der Waals surface area contributed by atoms with Crippen LogP contribution in [-0.2, 0) is 27.4 Å². The summed E-state index contributed by atoms with van der Waals surface area (Å²) in [6.45, 7) is 1.34. The van der Waals surface area contributed by atoms with Gasteiger partial charge in [0.05, 0.1) is 26.4 Å². The van der Waals surface area contributed by atoms with E-state index in [1.165, 1.54) is 0 Å². The Balaban J connectivity index is 1.41. The molecule has 2 aromatic carbocycles. The zero-order valence-electron chi connectivity index (χ0n) is 14.0. The maximum absolute atomic E-state index is 10.1. The van der Waals surface area contributed by atoms with Gasteiger partial charge in [0.2, 0.25) is 0 Å². The van der Waals surface area contributed by atoms with Crippen LogP contribution in [0.4, 0.5) is 0 Å². The Labute approximate surface area is 147 Å². The summed E-state index contributed by atoms with van der Waals surface area (Å²) in [5.41, 5.74) is 2.11. The van der Waals surface area contributed by atoms with Crippen molar-refractivity contribution in [1.29, 1.82) is 0 Å². The van der Waals surface area contributed by atoms with Crippen molar-refractivity contribution >= 4 is 0 Å². The minimum absolute atomic E-state index is 0.225. The van der Waals surface area contributed by atoms with Crippen LogP contribution in [0.1, 0.15) is 11.1 Å². The first kappa shape index (κ1) is 18.0. The summed E-state index contributed by atoms with van der Waals surface area (Å²) in [7, 11) is 0. The highest BCUT2D eigenvalue weighted by Crippen LogP contribution is 2.22. The fourth-order valence-corrected chi connectivity index (χ4v) is 2.84. The monoisotopic (exact) mass is 344 g/mol. The molecule has 1 heterocycles. The van der Waals surface area contributed by atoms with Gasteiger partial charge in [-0.15, -0.1) is 0 Å². The molecule has 134 valence electrons. The number of aliphatic hydroxyl groups is 2. The van der Waals surface area contributed by atoms with E-state index in [0.717, 1.165) is 11.1 Å². The van der Waals surface area contributed by atoms with E-state index in [4.69, 9.17) is 14.2 Å². The van der Waals surface area contributed by atoms with E-state index in [0.29, 0.717) is 13.2 Å². The highest BCUT2D eigenvalue weighted by atomic mass is 16.6. The Hall–Kier alpha value is -1.76. The average molecular weight is 344 g/mol. The van der Waals surface area contributed by atoms with Crippen molar-refractivity contribution in [2.75, 3.05) is 13.2 Å². The van der Waals surface area contributed by atoms with Gasteiger partial charge in [-0.05, 0) is 11.1 Å². The highest BCUT2D eigenvalue weighted by Gasteiger charge is 2.42. The van der Waals surface area contributed by atoms with Crippen molar-refractivity contribution in [1.82, 2.24) is 0 Å². The smallest absolute Gasteiger partial charge is 0.111 e. The third-order valence-electron chi connectivity index (χ3n) is 4.25. The van der Waals surface area contributed by atoms with Crippen molar-refractivity contribution in [3.63, 3.8) is 0 Å². The first-order valence-corrected chi connectivity index (χ1v) is 8.49. The zero-order valence-corrected chi connectivity index (χ0v) is 14.0. The molecule has 3 rings (SSSR count). The molecule has 25 heavy (non-hydrogen) atoms. The third-order valence-corrected chi connectivity index (χ3v) is 4.25. The lowest BCUT2D eigenvalue weighted by Gasteiger charge is -2.15. The fourth-order valence-electron chi connectivity index (χ4n) is 2.84. The molecule has 2 N–H and O–H groups in total. The van der Waals surface area contributed by atoms with Gasteiger partial charge in [-0.3, -0.25) is 0 Å². The average Bonchev–Trinajstić information content (AvgIpc) is 2.92. The van der Waals surface area contributed by atoms with Gasteiger partial charge in [0.25, 0.3) is 0 Å². The standard InChI is InChI=1S/C20H24O5/c21-19-17(13-23-11-15-7-3-1-4-8-15)25-18(20(19)22)14-24-12-16-9-5-2-6-10-16/h1-10,17-22H,11-14H2/t17-,18-,19+,20+/m0/s1. The molecule has 1 aliphatic heterocycles. The summed E-state index contributed by atoms with van der Waals surface area (Å²) in [6.07, 6.45) is -3.05. The van der Waals surface area contributed by atoms with Gasteiger partial charge in [0.15, 0.2) is 0 Å². The molecule has 1 aliphatic rings. The van der Waals surface area contributed by atoms with Gasteiger partial charge in [0.1, 0.15) is 24.4 Å². The summed E-state index contributed by atoms with van der Waals surface area (Å²) in [5.74, 6) is 0. The number of hydrogen-bond acceptors (Lipinski definition) is 5. The number of aliphatic hydroxyl groups excluding tert-OH is 2. The third kappa shape index (κ3) is 5.11. The van der Waals surface area contributed by atoms with Gasteiger partial charge in [0, 0.05) is 0 Å². The minimum atomic E-state index is -0.971. The van der Waals surface area contributed by atoms with E-state index < -0.39 is 24.4 Å². The number of hydrogen-bond donors (Lipinski definition) is 2. The van der Waals surface area contributed by atoms with E-state index in [-0.39, 0.29) is 13.2 Å². The lowest BCUT2D eigenvalue weighted by Crippen LogP contribution is -2.35. The van der Waals surface area contributed by atoms with E-state index in [9.17, 15) is 10.2 Å². The molecule has 0 saturated carbocycles. The maximum Gasteiger partial charge on any atom is 0.111 e.